The smallest absolute Gasteiger partial charge is 0.227 e. The van der Waals surface area contributed by atoms with Gasteiger partial charge in [0.15, 0.2) is 29.7 Å². The van der Waals surface area contributed by atoms with Gasteiger partial charge in [0.05, 0.1) is 17.2 Å². The van der Waals surface area contributed by atoms with Crippen LogP contribution >= 0.6 is 0 Å². The van der Waals surface area contributed by atoms with Gasteiger partial charge < -0.3 is 4.42 Å². The summed E-state index contributed by atoms with van der Waals surface area (Å²) in [5.41, 5.74) is 19.3. The van der Waals surface area contributed by atoms with Crippen molar-refractivity contribution in [2.45, 2.75) is 118 Å². The summed E-state index contributed by atoms with van der Waals surface area (Å²) in [5.74, 6) is 2.43. The molecule has 0 N–H and O–H groups in total. The summed E-state index contributed by atoms with van der Waals surface area (Å²) in [6.07, 6.45) is 7.59. The van der Waals surface area contributed by atoms with Crippen LogP contribution in [-0.2, 0) is 6.42 Å². The summed E-state index contributed by atoms with van der Waals surface area (Å²) < 4.78 is 12.2. The summed E-state index contributed by atoms with van der Waals surface area (Å²) in [6.45, 7) is 28.1. The van der Waals surface area contributed by atoms with Crippen molar-refractivity contribution in [3.8, 4) is 33.8 Å². The Hall–Kier alpha value is -5.35. The summed E-state index contributed by atoms with van der Waals surface area (Å²) >= 11 is 0. The van der Waals surface area contributed by atoms with E-state index in [4.69, 9.17) is 16.0 Å². The Bertz CT molecular complexity index is 2750. The minimum Gasteiger partial charge on any atom is -0.437 e. The molecule has 0 radical (unpaired) electrons. The van der Waals surface area contributed by atoms with Crippen LogP contribution in [0.3, 0.4) is 0 Å². The molecule has 0 amide bonds. The van der Waals surface area contributed by atoms with E-state index < -0.39 is 0 Å². The van der Waals surface area contributed by atoms with Crippen molar-refractivity contribution in [2.24, 2.45) is 11.8 Å². The van der Waals surface area contributed by atoms with Crippen LogP contribution < -0.4 is 9.13 Å². The third-order valence-electron chi connectivity index (χ3n) is 13.7. The Morgan fingerprint density at radius 1 is 0.712 bits per heavy atom. The van der Waals surface area contributed by atoms with Gasteiger partial charge in [-0.15, -0.1) is 0 Å². The molecule has 9 rings (SSSR count). The van der Waals surface area contributed by atoms with E-state index in [-0.39, 0.29) is 12.0 Å². The maximum Gasteiger partial charge on any atom is 0.227 e. The van der Waals surface area contributed by atoms with Gasteiger partial charge in [-0.25, -0.2) is 4.98 Å². The molecule has 0 fully saturated rings. The second-order valence-electron chi connectivity index (χ2n) is 19.0. The van der Waals surface area contributed by atoms with Crippen LogP contribution in [0.5, 0.6) is 0 Å². The van der Waals surface area contributed by atoms with Crippen LogP contribution in [-0.4, -0.2) is 4.98 Å². The highest BCUT2D eigenvalue weighted by atomic mass is 16.3. The standard InChI is InChI=1S/C55H61N3O/c1-31(2)39-17-14-18-40(32(3)4)53(39)47-24-23-44-43-22-20-38-21-26-49-45(41-15-12-13-16-42(41)48-25-19-35(9)29-58(48)49)28-37(11)57-30-46(51(33(5)6)34(7)8)36(10)27-50(57)52(38)54(43)59-55(44)56-47/h12-20,22-25,27,29-34,45,49,51H,11,21,26,28H2,1-10H3/q+2. The fourth-order valence-corrected chi connectivity index (χ4v) is 11.0. The third kappa shape index (κ3) is 6.55. The van der Waals surface area contributed by atoms with Crippen LogP contribution in [0.1, 0.15) is 137 Å². The Balaban J connectivity index is 1.30. The number of furan rings is 1. The predicted molar refractivity (Wildman–Crippen MR) is 245 cm³/mol. The number of benzene rings is 3. The van der Waals surface area contributed by atoms with E-state index in [1.165, 1.54) is 55.8 Å². The molecule has 0 saturated carbocycles. The Morgan fingerprint density at radius 3 is 2.14 bits per heavy atom. The largest absolute Gasteiger partial charge is 0.437 e. The fourth-order valence-electron chi connectivity index (χ4n) is 11.0. The van der Waals surface area contributed by atoms with Crippen LogP contribution in [0.25, 0.3) is 61.5 Å². The van der Waals surface area contributed by atoms with Gasteiger partial charge in [0.2, 0.25) is 17.1 Å². The lowest BCUT2D eigenvalue weighted by Crippen LogP contribution is -2.49. The lowest BCUT2D eigenvalue weighted by atomic mass is 9.77. The SMILES string of the molecule is C=C1CC2c3ccccc3-c3ccc(C)c[n+]3C2CCc2ccc3c(oc4nc(-c5c(C(C)C)cccc5C(C)C)ccc43)c2-c2cc(C)c(C(C(C)C)C(C)C)c[n+]21. The predicted octanol–water partition coefficient (Wildman–Crippen LogP) is 14.0. The van der Waals surface area contributed by atoms with Crippen LogP contribution in [0, 0.1) is 25.7 Å². The molecule has 3 aromatic carbocycles. The normalized spacial score (nSPS) is 16.6. The molecule has 0 spiro atoms. The lowest BCUT2D eigenvalue weighted by molar-refractivity contribution is -0.719. The number of fused-ring (bicyclic) bond motifs is 13. The van der Waals surface area contributed by atoms with E-state index in [2.05, 4.69) is 176 Å². The fraction of sp³-hybridized carbons (Fsp3) is 0.364. The van der Waals surface area contributed by atoms with Crippen molar-refractivity contribution < 1.29 is 13.6 Å². The molecule has 300 valence electrons. The summed E-state index contributed by atoms with van der Waals surface area (Å²) in [6, 6.07) is 32.2. The van der Waals surface area contributed by atoms with Gasteiger partial charge in [0, 0.05) is 58.0 Å². The molecule has 4 heteroatoms. The average molecular weight is 780 g/mol. The molecule has 2 unspecified atom stereocenters. The number of pyridine rings is 3. The van der Waals surface area contributed by atoms with Crippen LogP contribution in [0.15, 0.2) is 108 Å². The van der Waals surface area contributed by atoms with Gasteiger partial charge in [-0.3, -0.25) is 0 Å². The Labute approximate surface area is 351 Å². The first-order valence-corrected chi connectivity index (χ1v) is 22.2. The molecule has 7 aromatic rings. The first-order valence-electron chi connectivity index (χ1n) is 22.2. The minimum atomic E-state index is 0.266. The molecule has 0 saturated heterocycles. The zero-order valence-electron chi connectivity index (χ0n) is 36.9. The van der Waals surface area contributed by atoms with Gasteiger partial charge in [0.1, 0.15) is 0 Å². The molecular formula is C55H61N3O+2. The number of hydrogen-bond donors (Lipinski definition) is 0. The van der Waals surface area contributed by atoms with Crippen molar-refractivity contribution in [1.82, 2.24) is 4.98 Å². The van der Waals surface area contributed by atoms with E-state index in [9.17, 15) is 0 Å². The zero-order valence-corrected chi connectivity index (χ0v) is 36.9. The zero-order chi connectivity index (χ0) is 41.4. The van der Waals surface area contributed by atoms with E-state index in [1.54, 1.807) is 0 Å². The highest BCUT2D eigenvalue weighted by molar-refractivity contribution is 6.09. The van der Waals surface area contributed by atoms with Gasteiger partial charge >= 0.3 is 0 Å². The van der Waals surface area contributed by atoms with Crippen LogP contribution in [0.2, 0.25) is 0 Å². The third-order valence-corrected chi connectivity index (χ3v) is 13.7. The first-order chi connectivity index (χ1) is 28.3. The number of hydrogen-bond acceptors (Lipinski definition) is 2. The van der Waals surface area contributed by atoms with Crippen molar-refractivity contribution >= 4 is 27.8 Å². The highest BCUT2D eigenvalue weighted by Gasteiger charge is 2.43. The Morgan fingerprint density at radius 2 is 1.42 bits per heavy atom. The topological polar surface area (TPSA) is 33.8 Å². The van der Waals surface area contributed by atoms with E-state index in [0.717, 1.165) is 58.3 Å². The van der Waals surface area contributed by atoms with Gasteiger partial charge in [0.25, 0.3) is 0 Å². The molecule has 4 aromatic heterocycles. The molecule has 2 atom stereocenters. The molecule has 6 heterocycles. The van der Waals surface area contributed by atoms with Gasteiger partial charge in [-0.2, -0.15) is 9.13 Å². The second-order valence-corrected chi connectivity index (χ2v) is 19.0. The second kappa shape index (κ2) is 15.0. The quantitative estimate of drug-likeness (QED) is 0.158. The highest BCUT2D eigenvalue weighted by Crippen LogP contribution is 2.47. The molecule has 59 heavy (non-hydrogen) atoms. The van der Waals surface area contributed by atoms with Gasteiger partial charge in [-0.05, 0) is 109 Å². The van der Waals surface area contributed by atoms with Crippen molar-refractivity contribution in [2.75, 3.05) is 0 Å². The maximum atomic E-state index is 7.13. The van der Waals surface area contributed by atoms with Crippen LogP contribution in [0.4, 0.5) is 0 Å². The molecular weight excluding hydrogens is 719 g/mol. The number of allylic oxidation sites excluding steroid dienone is 1. The molecule has 2 aliphatic rings. The number of rotatable bonds is 6. The molecule has 0 bridgehead atoms. The minimum absolute atomic E-state index is 0.266. The first kappa shape index (κ1) is 39.1. The van der Waals surface area contributed by atoms with Crippen molar-refractivity contribution in [3.63, 3.8) is 0 Å². The molecule has 4 nitrogen and oxygen atoms in total. The summed E-state index contributed by atoms with van der Waals surface area (Å²) in [4.78, 5) is 5.37. The maximum absolute atomic E-state index is 7.13. The Kier molecular flexibility index (Phi) is 9.97. The monoisotopic (exact) mass is 779 g/mol. The summed E-state index contributed by atoms with van der Waals surface area (Å²) in [7, 11) is 0. The molecule has 2 aliphatic heterocycles. The lowest BCUT2D eigenvalue weighted by Gasteiger charge is -2.31. The van der Waals surface area contributed by atoms with E-state index >= 15 is 0 Å². The number of aryl methyl sites for hydroxylation is 3. The van der Waals surface area contributed by atoms with Crippen molar-refractivity contribution in [3.05, 3.63) is 143 Å². The molecule has 0 aliphatic carbocycles. The number of aromatic nitrogens is 3. The average Bonchev–Trinajstić information content (AvgIpc) is 3.58. The van der Waals surface area contributed by atoms with Crippen molar-refractivity contribution in [1.29, 1.82) is 0 Å². The van der Waals surface area contributed by atoms with E-state index in [1.807, 2.05) is 0 Å². The summed E-state index contributed by atoms with van der Waals surface area (Å²) in [5, 5.41) is 2.16. The van der Waals surface area contributed by atoms with Gasteiger partial charge in [-0.1, -0.05) is 104 Å². The number of nitrogens with zero attached hydrogens (tertiary/aromatic N) is 3. The van der Waals surface area contributed by atoms with E-state index in [0.29, 0.717) is 35.3 Å².